The molecule has 0 aliphatic heterocycles. The lowest BCUT2D eigenvalue weighted by Gasteiger charge is -2.37. The number of ether oxygens (including phenoxy) is 2. The Hall–Kier alpha value is -3.37. The summed E-state index contributed by atoms with van der Waals surface area (Å²) >= 11 is 0. The zero-order chi connectivity index (χ0) is 23.6. The molecule has 1 saturated carbocycles. The van der Waals surface area contributed by atoms with Gasteiger partial charge in [0.15, 0.2) is 5.60 Å². The lowest BCUT2D eigenvalue weighted by atomic mass is 9.83. The first-order chi connectivity index (χ1) is 15.9. The molecule has 0 bridgehead atoms. The van der Waals surface area contributed by atoms with Gasteiger partial charge in [0.2, 0.25) is 0 Å². The number of carbonyl (C=O) groups excluding carboxylic acids is 2. The molecule has 7 nitrogen and oxygen atoms in total. The van der Waals surface area contributed by atoms with E-state index in [1.807, 2.05) is 60.7 Å². The Morgan fingerprint density at radius 3 is 2.21 bits per heavy atom. The van der Waals surface area contributed by atoms with Crippen molar-refractivity contribution in [3.63, 3.8) is 0 Å². The average molecular weight is 450 g/mol. The van der Waals surface area contributed by atoms with E-state index in [0.29, 0.717) is 26.0 Å². The Morgan fingerprint density at radius 1 is 1.00 bits per heavy atom. The molecule has 1 fully saturated rings. The van der Waals surface area contributed by atoms with Crippen molar-refractivity contribution in [3.05, 3.63) is 71.8 Å². The van der Waals surface area contributed by atoms with E-state index in [1.165, 1.54) is 0 Å². The SMILES string of the molecule is CC(C#N)(COCc1ccccc1)NC(=O)C1(OC(=O)NCc2ccccc2)CCCCC1. The van der Waals surface area contributed by atoms with Crippen LogP contribution in [0.15, 0.2) is 60.7 Å². The van der Waals surface area contributed by atoms with Crippen molar-refractivity contribution >= 4 is 12.0 Å². The molecule has 174 valence electrons. The summed E-state index contributed by atoms with van der Waals surface area (Å²) in [4.78, 5) is 25.9. The van der Waals surface area contributed by atoms with E-state index < -0.39 is 23.1 Å². The highest BCUT2D eigenvalue weighted by Gasteiger charge is 2.46. The highest BCUT2D eigenvalue weighted by atomic mass is 16.6. The smallest absolute Gasteiger partial charge is 0.408 e. The molecule has 2 aromatic rings. The highest BCUT2D eigenvalue weighted by molar-refractivity contribution is 5.88. The van der Waals surface area contributed by atoms with Gasteiger partial charge in [0.1, 0.15) is 5.54 Å². The van der Waals surface area contributed by atoms with Crippen molar-refractivity contribution in [2.75, 3.05) is 6.61 Å². The molecule has 0 aromatic heterocycles. The molecule has 0 spiro atoms. The zero-order valence-electron chi connectivity index (χ0n) is 19.0. The molecule has 7 heteroatoms. The predicted molar refractivity (Wildman–Crippen MR) is 124 cm³/mol. The molecular weight excluding hydrogens is 418 g/mol. The number of hydrogen-bond donors (Lipinski definition) is 2. The van der Waals surface area contributed by atoms with Crippen molar-refractivity contribution in [1.29, 1.82) is 5.26 Å². The number of amides is 2. The van der Waals surface area contributed by atoms with Crippen LogP contribution in [0.1, 0.15) is 50.2 Å². The molecule has 2 aromatic carbocycles. The summed E-state index contributed by atoms with van der Waals surface area (Å²) in [6.45, 7) is 2.26. The van der Waals surface area contributed by atoms with Crippen molar-refractivity contribution in [3.8, 4) is 6.07 Å². The average Bonchev–Trinajstić information content (AvgIpc) is 2.84. The Balaban J connectivity index is 1.60. The number of hydrogen-bond acceptors (Lipinski definition) is 5. The summed E-state index contributed by atoms with van der Waals surface area (Å²) in [5, 5.41) is 15.3. The number of carbonyl (C=O) groups is 2. The molecule has 0 heterocycles. The topological polar surface area (TPSA) is 100 Å². The number of benzene rings is 2. The fraction of sp³-hybridized carbons (Fsp3) is 0.423. The zero-order valence-corrected chi connectivity index (χ0v) is 19.0. The number of nitriles is 1. The van der Waals surface area contributed by atoms with Gasteiger partial charge in [-0.2, -0.15) is 5.26 Å². The molecule has 0 radical (unpaired) electrons. The largest absolute Gasteiger partial charge is 0.433 e. The molecule has 2 N–H and O–H groups in total. The minimum Gasteiger partial charge on any atom is -0.433 e. The molecule has 1 aliphatic carbocycles. The summed E-state index contributed by atoms with van der Waals surface area (Å²) < 4.78 is 11.4. The van der Waals surface area contributed by atoms with Gasteiger partial charge in [-0.25, -0.2) is 4.79 Å². The maximum Gasteiger partial charge on any atom is 0.408 e. The van der Waals surface area contributed by atoms with Gasteiger partial charge in [0, 0.05) is 6.54 Å². The number of nitrogens with one attached hydrogen (secondary N) is 2. The Bertz CT molecular complexity index is 953. The van der Waals surface area contributed by atoms with Crippen LogP contribution in [0, 0.1) is 11.3 Å². The number of rotatable bonds is 9. The maximum absolute atomic E-state index is 13.3. The summed E-state index contributed by atoms with van der Waals surface area (Å²) in [7, 11) is 0. The van der Waals surface area contributed by atoms with Crippen molar-refractivity contribution in [1.82, 2.24) is 10.6 Å². The summed E-state index contributed by atoms with van der Waals surface area (Å²) in [5.74, 6) is -0.454. The van der Waals surface area contributed by atoms with E-state index in [-0.39, 0.29) is 6.61 Å². The van der Waals surface area contributed by atoms with Gasteiger partial charge in [-0.15, -0.1) is 0 Å². The van der Waals surface area contributed by atoms with E-state index in [0.717, 1.165) is 30.4 Å². The lowest BCUT2D eigenvalue weighted by molar-refractivity contribution is -0.145. The molecule has 2 amide bonds. The van der Waals surface area contributed by atoms with Crippen molar-refractivity contribution in [2.45, 2.75) is 63.3 Å². The minimum atomic E-state index is -1.30. The normalized spacial score (nSPS) is 16.6. The predicted octanol–water partition coefficient (Wildman–Crippen LogP) is 4.23. The van der Waals surface area contributed by atoms with Gasteiger partial charge in [-0.3, -0.25) is 4.79 Å². The van der Waals surface area contributed by atoms with Gasteiger partial charge in [-0.05, 0) is 43.7 Å². The minimum absolute atomic E-state index is 0.0143. The van der Waals surface area contributed by atoms with Gasteiger partial charge in [0.25, 0.3) is 5.91 Å². The second kappa shape index (κ2) is 11.5. The fourth-order valence-electron chi connectivity index (χ4n) is 3.89. The van der Waals surface area contributed by atoms with Crippen LogP contribution in [0.5, 0.6) is 0 Å². The monoisotopic (exact) mass is 449 g/mol. The van der Waals surface area contributed by atoms with Gasteiger partial charge in [0.05, 0.1) is 19.3 Å². The number of alkyl carbamates (subject to hydrolysis) is 1. The fourth-order valence-corrected chi connectivity index (χ4v) is 3.89. The van der Waals surface area contributed by atoms with Crippen LogP contribution in [0.2, 0.25) is 0 Å². The van der Waals surface area contributed by atoms with Crippen LogP contribution < -0.4 is 10.6 Å². The standard InChI is InChI=1S/C26H31N3O4/c1-25(19-27,20-32-18-22-13-7-3-8-14-22)29-23(30)26(15-9-4-10-16-26)33-24(31)28-17-21-11-5-2-6-12-21/h2-3,5-8,11-14H,4,9-10,15-18,20H2,1H3,(H,28,31)(H,29,30). The molecule has 33 heavy (non-hydrogen) atoms. The van der Waals surface area contributed by atoms with E-state index in [4.69, 9.17) is 9.47 Å². The highest BCUT2D eigenvalue weighted by Crippen LogP contribution is 2.33. The van der Waals surface area contributed by atoms with Crippen molar-refractivity contribution < 1.29 is 19.1 Å². The Kier molecular flexibility index (Phi) is 8.45. The molecule has 0 saturated heterocycles. The summed E-state index contributed by atoms with van der Waals surface area (Å²) in [5.41, 5.74) is -0.632. The van der Waals surface area contributed by atoms with Gasteiger partial charge < -0.3 is 20.1 Å². The molecule has 1 unspecified atom stereocenters. The Labute approximate surface area is 195 Å². The van der Waals surface area contributed by atoms with Crippen LogP contribution in [0.3, 0.4) is 0 Å². The molecule has 1 atom stereocenters. The summed E-state index contributed by atoms with van der Waals surface area (Å²) in [6, 6.07) is 21.2. The quantitative estimate of drug-likeness (QED) is 0.597. The van der Waals surface area contributed by atoms with Crippen LogP contribution in [0.25, 0.3) is 0 Å². The van der Waals surface area contributed by atoms with Crippen molar-refractivity contribution in [2.24, 2.45) is 0 Å². The van der Waals surface area contributed by atoms with Crippen LogP contribution in [-0.4, -0.2) is 29.7 Å². The molecule has 3 rings (SSSR count). The van der Waals surface area contributed by atoms with E-state index in [1.54, 1.807) is 6.92 Å². The first-order valence-electron chi connectivity index (χ1n) is 11.3. The maximum atomic E-state index is 13.3. The molecule has 1 aliphatic rings. The first-order valence-corrected chi connectivity index (χ1v) is 11.3. The summed E-state index contributed by atoms with van der Waals surface area (Å²) in [6.07, 6.45) is 2.71. The third-order valence-electron chi connectivity index (χ3n) is 5.78. The van der Waals surface area contributed by atoms with Crippen LogP contribution >= 0.6 is 0 Å². The third-order valence-corrected chi connectivity index (χ3v) is 5.78. The first kappa shape index (κ1) is 24.3. The Morgan fingerprint density at radius 2 is 1.61 bits per heavy atom. The van der Waals surface area contributed by atoms with E-state index in [9.17, 15) is 14.9 Å². The van der Waals surface area contributed by atoms with E-state index >= 15 is 0 Å². The second-order valence-corrected chi connectivity index (χ2v) is 8.66. The number of nitrogens with zero attached hydrogens (tertiary/aromatic N) is 1. The van der Waals surface area contributed by atoms with Crippen LogP contribution in [-0.2, 0) is 27.4 Å². The van der Waals surface area contributed by atoms with E-state index in [2.05, 4.69) is 16.7 Å². The van der Waals surface area contributed by atoms with Gasteiger partial charge in [-0.1, -0.05) is 67.1 Å². The van der Waals surface area contributed by atoms with Gasteiger partial charge >= 0.3 is 6.09 Å². The molecular formula is C26H31N3O4. The van der Waals surface area contributed by atoms with Crippen LogP contribution in [0.4, 0.5) is 4.79 Å². The lowest BCUT2D eigenvalue weighted by Crippen LogP contribution is -2.59. The third kappa shape index (κ3) is 7.06. The second-order valence-electron chi connectivity index (χ2n) is 8.66.